The Morgan fingerprint density at radius 2 is 1.90 bits per heavy atom. The first kappa shape index (κ1) is 16.0. The topological polar surface area (TPSA) is 61.9 Å². The van der Waals surface area contributed by atoms with E-state index in [1.807, 2.05) is 0 Å². The third-order valence-corrected chi connectivity index (χ3v) is 3.70. The van der Waals surface area contributed by atoms with E-state index >= 15 is 0 Å². The number of anilines is 1. The third-order valence-electron chi connectivity index (χ3n) is 3.70. The summed E-state index contributed by atoms with van der Waals surface area (Å²) >= 11 is 0. The Morgan fingerprint density at radius 1 is 1.24 bits per heavy atom. The second-order valence-electron chi connectivity index (χ2n) is 5.40. The van der Waals surface area contributed by atoms with Crippen LogP contribution in [0.5, 0.6) is 0 Å². The molecule has 0 aliphatic carbocycles. The van der Waals surface area contributed by atoms with E-state index in [1.54, 1.807) is 0 Å². The van der Waals surface area contributed by atoms with Crippen molar-refractivity contribution in [1.29, 1.82) is 0 Å². The van der Waals surface area contributed by atoms with E-state index in [2.05, 4.69) is 40.0 Å². The minimum Gasteiger partial charge on any atom is -0.354 e. The highest BCUT2D eigenvalue weighted by atomic mass is 19.4. The second-order valence-corrected chi connectivity index (χ2v) is 5.40. The van der Waals surface area contributed by atoms with Gasteiger partial charge in [0.15, 0.2) is 0 Å². The number of hydrazine groups is 1. The van der Waals surface area contributed by atoms with Crippen LogP contribution in [0.25, 0.3) is 0 Å². The molecule has 0 radical (unpaired) electrons. The van der Waals surface area contributed by atoms with Crippen LogP contribution < -0.4 is 16.2 Å². The van der Waals surface area contributed by atoms with Gasteiger partial charge < -0.3 is 5.32 Å². The molecule has 1 aromatic rings. The van der Waals surface area contributed by atoms with Gasteiger partial charge in [-0.1, -0.05) is 0 Å². The Kier molecular flexibility index (Phi) is 5.00. The molecular weight excluding hydrogens is 283 g/mol. The van der Waals surface area contributed by atoms with Crippen molar-refractivity contribution in [1.82, 2.24) is 20.8 Å². The fourth-order valence-corrected chi connectivity index (χ4v) is 2.36. The first-order valence-electron chi connectivity index (χ1n) is 6.99. The summed E-state index contributed by atoms with van der Waals surface area (Å²) in [6.45, 7) is 4.80. The summed E-state index contributed by atoms with van der Waals surface area (Å²) in [4.78, 5) is 8.17. The van der Waals surface area contributed by atoms with Crippen LogP contribution in [-0.4, -0.2) is 34.8 Å². The van der Waals surface area contributed by atoms with Crippen LogP contribution >= 0.6 is 0 Å². The van der Waals surface area contributed by atoms with Crippen LogP contribution in [0.3, 0.4) is 0 Å². The molecule has 2 unspecified atom stereocenters. The van der Waals surface area contributed by atoms with E-state index in [-0.39, 0.29) is 6.42 Å². The van der Waals surface area contributed by atoms with Crippen molar-refractivity contribution < 1.29 is 13.2 Å². The van der Waals surface area contributed by atoms with E-state index in [4.69, 9.17) is 0 Å². The molecule has 0 amide bonds. The van der Waals surface area contributed by atoms with Crippen LogP contribution in [0.2, 0.25) is 0 Å². The zero-order valence-electron chi connectivity index (χ0n) is 12.0. The summed E-state index contributed by atoms with van der Waals surface area (Å²) in [5.74, 6) is 0.730. The minimum absolute atomic E-state index is 0.125. The Balaban J connectivity index is 1.89. The molecule has 2 rings (SSSR count). The quantitative estimate of drug-likeness (QED) is 0.775. The summed E-state index contributed by atoms with van der Waals surface area (Å²) in [6, 6.07) is 2.13. The van der Waals surface area contributed by atoms with Gasteiger partial charge in [0.25, 0.3) is 0 Å². The van der Waals surface area contributed by atoms with Gasteiger partial charge in [0.1, 0.15) is 0 Å². The number of nitrogens with zero attached hydrogens (tertiary/aromatic N) is 2. The molecule has 1 aliphatic heterocycles. The molecule has 1 fully saturated rings. The molecule has 3 N–H and O–H groups in total. The molecule has 0 saturated carbocycles. The van der Waals surface area contributed by atoms with Crippen molar-refractivity contribution in [2.45, 2.75) is 44.9 Å². The number of hydrogen-bond acceptors (Lipinski definition) is 5. The lowest BCUT2D eigenvalue weighted by atomic mass is 9.97. The second kappa shape index (κ2) is 6.57. The van der Waals surface area contributed by atoms with Crippen LogP contribution in [0.15, 0.2) is 12.3 Å². The smallest absolute Gasteiger partial charge is 0.354 e. The maximum Gasteiger partial charge on any atom is 0.389 e. The lowest BCUT2D eigenvalue weighted by Crippen LogP contribution is -2.30. The van der Waals surface area contributed by atoms with Gasteiger partial charge in [-0.25, -0.2) is 9.97 Å². The molecule has 2 heterocycles. The average Bonchev–Trinajstić information content (AvgIpc) is 2.73. The van der Waals surface area contributed by atoms with E-state index in [9.17, 15) is 13.2 Å². The minimum atomic E-state index is -4.16. The lowest BCUT2D eigenvalue weighted by Gasteiger charge is -2.18. The first-order chi connectivity index (χ1) is 9.85. The molecular formula is C13H20F3N5. The molecule has 2 atom stereocenters. The average molecular weight is 303 g/mol. The number of rotatable bonds is 5. The van der Waals surface area contributed by atoms with Gasteiger partial charge in [-0.15, -0.1) is 0 Å². The van der Waals surface area contributed by atoms with Gasteiger partial charge in [0.2, 0.25) is 5.95 Å². The predicted molar refractivity (Wildman–Crippen MR) is 73.6 cm³/mol. The summed E-state index contributed by atoms with van der Waals surface area (Å²) < 4.78 is 36.6. The van der Waals surface area contributed by atoms with Crippen molar-refractivity contribution >= 4 is 5.95 Å². The summed E-state index contributed by atoms with van der Waals surface area (Å²) in [5.41, 5.74) is 6.69. The highest BCUT2D eigenvalue weighted by molar-refractivity contribution is 5.25. The number of hydrogen-bond donors (Lipinski definition) is 3. The van der Waals surface area contributed by atoms with Crippen molar-refractivity contribution in [3.63, 3.8) is 0 Å². The van der Waals surface area contributed by atoms with E-state index in [0.717, 1.165) is 0 Å². The number of alkyl halides is 3. The normalized spacial score (nSPS) is 26.0. The van der Waals surface area contributed by atoms with Crippen LogP contribution in [0.4, 0.5) is 19.1 Å². The van der Waals surface area contributed by atoms with Crippen molar-refractivity contribution in [2.75, 3.05) is 11.9 Å². The fourth-order valence-electron chi connectivity index (χ4n) is 2.36. The Bertz CT molecular complexity index is 455. The first-order valence-corrected chi connectivity index (χ1v) is 6.99. The van der Waals surface area contributed by atoms with Gasteiger partial charge in [0.05, 0.1) is 0 Å². The summed E-state index contributed by atoms with van der Waals surface area (Å²) in [5, 5.41) is 3.10. The number of aromatic nitrogens is 2. The molecule has 118 valence electrons. The van der Waals surface area contributed by atoms with Gasteiger partial charge in [-0.05, 0) is 26.3 Å². The molecule has 0 aromatic carbocycles. The molecule has 1 aliphatic rings. The summed E-state index contributed by atoms with van der Waals surface area (Å²) in [6.07, 6.45) is -3.67. The third kappa shape index (κ3) is 4.82. The van der Waals surface area contributed by atoms with Crippen molar-refractivity contribution in [3.05, 3.63) is 18.0 Å². The van der Waals surface area contributed by atoms with E-state index in [0.29, 0.717) is 36.2 Å². The van der Waals surface area contributed by atoms with Gasteiger partial charge in [-0.3, -0.25) is 10.9 Å². The van der Waals surface area contributed by atoms with E-state index < -0.39 is 12.6 Å². The SMILES string of the molecule is CC1NNC(C)C1CNc1nccc(CCC(F)(F)F)n1. The number of aryl methyl sites for hydroxylation is 1. The van der Waals surface area contributed by atoms with Crippen LogP contribution in [0.1, 0.15) is 26.0 Å². The molecule has 1 aromatic heterocycles. The van der Waals surface area contributed by atoms with Gasteiger partial charge in [-0.2, -0.15) is 13.2 Å². The molecule has 0 spiro atoms. The highest BCUT2D eigenvalue weighted by Gasteiger charge is 2.29. The molecule has 21 heavy (non-hydrogen) atoms. The van der Waals surface area contributed by atoms with Gasteiger partial charge in [0, 0.05) is 42.9 Å². The van der Waals surface area contributed by atoms with Crippen molar-refractivity contribution in [2.24, 2.45) is 5.92 Å². The molecule has 1 saturated heterocycles. The lowest BCUT2D eigenvalue weighted by molar-refractivity contribution is -0.134. The van der Waals surface area contributed by atoms with Gasteiger partial charge >= 0.3 is 6.18 Å². The zero-order chi connectivity index (χ0) is 15.5. The molecule has 5 nitrogen and oxygen atoms in total. The highest BCUT2D eigenvalue weighted by Crippen LogP contribution is 2.21. The zero-order valence-corrected chi connectivity index (χ0v) is 12.0. The number of nitrogens with one attached hydrogen (secondary N) is 3. The maximum atomic E-state index is 12.2. The monoisotopic (exact) mass is 303 g/mol. The predicted octanol–water partition coefficient (Wildman–Crippen LogP) is 1.88. The fraction of sp³-hybridized carbons (Fsp3) is 0.692. The van der Waals surface area contributed by atoms with Crippen LogP contribution in [0, 0.1) is 5.92 Å². The Labute approximate surface area is 121 Å². The molecule has 0 bridgehead atoms. The van der Waals surface area contributed by atoms with E-state index in [1.165, 1.54) is 12.3 Å². The standard InChI is InChI=1S/C13H20F3N5/c1-8-11(9(2)21-20-8)7-18-12-17-6-4-10(19-12)3-5-13(14,15)16/h4,6,8-9,11,20-21H,3,5,7H2,1-2H3,(H,17,18,19). The number of halogens is 3. The maximum absolute atomic E-state index is 12.2. The summed E-state index contributed by atoms with van der Waals surface area (Å²) in [7, 11) is 0. The largest absolute Gasteiger partial charge is 0.389 e. The molecule has 8 heteroatoms. The Morgan fingerprint density at radius 3 is 2.52 bits per heavy atom. The van der Waals surface area contributed by atoms with Crippen molar-refractivity contribution in [3.8, 4) is 0 Å². The van der Waals surface area contributed by atoms with Crippen LogP contribution in [-0.2, 0) is 6.42 Å². The Hall–Kier alpha value is -1.41.